The first-order valence-corrected chi connectivity index (χ1v) is 17.7. The Morgan fingerprint density at radius 2 is 1.31 bits per heavy atom. The van der Waals surface area contributed by atoms with Gasteiger partial charge in [-0.25, -0.2) is 0 Å². The lowest BCUT2D eigenvalue weighted by atomic mass is 9.70. The second-order valence-electron chi connectivity index (χ2n) is 13.6. The third kappa shape index (κ3) is 11.2. The molecule has 0 fully saturated rings. The maximum atomic E-state index is 14.1. The van der Waals surface area contributed by atoms with Crippen LogP contribution in [0.1, 0.15) is 62.0 Å². The molecule has 51 heavy (non-hydrogen) atoms. The Labute approximate surface area is 300 Å². The Morgan fingerprint density at radius 3 is 1.92 bits per heavy atom. The van der Waals surface area contributed by atoms with E-state index < -0.39 is 60.7 Å². The minimum atomic E-state index is -1.67. The molecule has 0 saturated carbocycles. The van der Waals surface area contributed by atoms with E-state index in [1.54, 1.807) is 24.3 Å². The smallest absolute Gasteiger partial charge is 0.427 e. The summed E-state index contributed by atoms with van der Waals surface area (Å²) < 4.78 is 0. The number of carbonyl (C=O) groups is 4. The van der Waals surface area contributed by atoms with Gasteiger partial charge >= 0.3 is 7.12 Å². The van der Waals surface area contributed by atoms with Crippen LogP contribution in [0.3, 0.4) is 0 Å². The van der Waals surface area contributed by atoms with Gasteiger partial charge in [0.1, 0.15) is 18.1 Å². The van der Waals surface area contributed by atoms with Gasteiger partial charge in [-0.15, -0.1) is 0 Å². The fourth-order valence-electron chi connectivity index (χ4n) is 6.39. The van der Waals surface area contributed by atoms with Crippen molar-refractivity contribution in [3.63, 3.8) is 0 Å². The summed E-state index contributed by atoms with van der Waals surface area (Å²) in [4.78, 5) is 56.8. The Hall–Kier alpha value is -4.56. The number of nitrogens with one attached hydrogen (secondary N) is 3. The number of hydrogen-bond donors (Lipinski definition) is 7. The highest BCUT2D eigenvalue weighted by molar-refractivity contribution is 6.44. The molecule has 13 heteroatoms. The molecule has 3 aromatic carbocycles. The van der Waals surface area contributed by atoms with E-state index >= 15 is 0 Å². The molecule has 3 aromatic rings. The standard InChI is InChI=1S/C38H51BN6O6/c1-25(2)21-32(36(47)42-31(18-11-12-20-40)38(49)45-24-29(39(50)51)28-17-9-10-19-34(28)45)44-37(48)33(23-27-15-7-4-8-16-27)43-35(46)30(41)22-26-13-5-3-6-14-26/h3-10,13-17,19,25,29-33,50-51H,11-12,18,20-24,40-41H2,1-2H3,(H,42,47)(H,43,46)(H,44,48)/t29?,30-,31-,32-,33-/m1/s1. The molecule has 0 spiro atoms. The number of unbranched alkanes of at least 4 members (excludes halogenated alkanes) is 1. The van der Waals surface area contributed by atoms with E-state index in [2.05, 4.69) is 16.0 Å². The molecule has 0 radical (unpaired) electrons. The van der Waals surface area contributed by atoms with E-state index in [0.717, 1.165) is 11.1 Å². The quantitative estimate of drug-likeness (QED) is 0.0767. The van der Waals surface area contributed by atoms with Crippen molar-refractivity contribution in [1.29, 1.82) is 0 Å². The van der Waals surface area contributed by atoms with Gasteiger partial charge < -0.3 is 42.4 Å². The predicted molar refractivity (Wildman–Crippen MR) is 198 cm³/mol. The molecule has 4 amide bonds. The van der Waals surface area contributed by atoms with Crippen LogP contribution in [0.5, 0.6) is 0 Å². The van der Waals surface area contributed by atoms with Gasteiger partial charge in [-0.3, -0.25) is 19.2 Å². The molecule has 9 N–H and O–H groups in total. The van der Waals surface area contributed by atoms with Crippen molar-refractivity contribution in [2.75, 3.05) is 18.0 Å². The summed E-state index contributed by atoms with van der Waals surface area (Å²) in [6, 6.07) is 21.7. The second-order valence-corrected chi connectivity index (χ2v) is 13.6. The summed E-state index contributed by atoms with van der Waals surface area (Å²) >= 11 is 0. The second kappa shape index (κ2) is 19.2. The highest BCUT2D eigenvalue weighted by Gasteiger charge is 2.41. The van der Waals surface area contributed by atoms with E-state index in [0.29, 0.717) is 37.1 Å². The zero-order valence-corrected chi connectivity index (χ0v) is 29.4. The molecular weight excluding hydrogens is 647 g/mol. The monoisotopic (exact) mass is 698 g/mol. The molecule has 1 aliphatic heterocycles. The number of rotatable bonds is 18. The van der Waals surface area contributed by atoms with Crippen LogP contribution in [0.25, 0.3) is 0 Å². The third-order valence-corrected chi connectivity index (χ3v) is 9.08. The van der Waals surface area contributed by atoms with Crippen LogP contribution in [0, 0.1) is 5.92 Å². The minimum absolute atomic E-state index is 0.00819. The Kier molecular flexibility index (Phi) is 14.7. The Morgan fingerprint density at radius 1 is 0.765 bits per heavy atom. The summed E-state index contributed by atoms with van der Waals surface area (Å²) in [6.45, 7) is 4.29. The van der Waals surface area contributed by atoms with Crippen LogP contribution in [0.4, 0.5) is 5.69 Å². The van der Waals surface area contributed by atoms with Crippen LogP contribution >= 0.6 is 0 Å². The molecular formula is C38H51BN6O6. The van der Waals surface area contributed by atoms with Crippen molar-refractivity contribution >= 4 is 36.4 Å². The molecule has 1 unspecified atom stereocenters. The average molecular weight is 699 g/mol. The van der Waals surface area contributed by atoms with Gasteiger partial charge in [0, 0.05) is 24.5 Å². The van der Waals surface area contributed by atoms with E-state index in [-0.39, 0.29) is 31.7 Å². The molecule has 272 valence electrons. The summed E-state index contributed by atoms with van der Waals surface area (Å²) in [7, 11) is -1.67. The van der Waals surface area contributed by atoms with Crippen molar-refractivity contribution in [3.05, 3.63) is 102 Å². The molecule has 5 atom stereocenters. The van der Waals surface area contributed by atoms with E-state index in [1.165, 1.54) is 4.90 Å². The van der Waals surface area contributed by atoms with Gasteiger partial charge in [-0.05, 0) is 67.3 Å². The maximum absolute atomic E-state index is 14.1. The normalized spacial score (nSPS) is 16.1. The minimum Gasteiger partial charge on any atom is -0.427 e. The highest BCUT2D eigenvalue weighted by atomic mass is 16.4. The number of carbonyl (C=O) groups excluding carboxylic acids is 4. The van der Waals surface area contributed by atoms with Crippen LogP contribution in [-0.4, -0.2) is 78.1 Å². The number of benzene rings is 3. The molecule has 1 aliphatic rings. The van der Waals surface area contributed by atoms with Gasteiger partial charge in [0.05, 0.1) is 6.04 Å². The molecule has 1 heterocycles. The maximum Gasteiger partial charge on any atom is 0.461 e. The molecule has 12 nitrogen and oxygen atoms in total. The van der Waals surface area contributed by atoms with Gasteiger partial charge in [0.15, 0.2) is 0 Å². The van der Waals surface area contributed by atoms with Crippen molar-refractivity contribution in [1.82, 2.24) is 16.0 Å². The van der Waals surface area contributed by atoms with Crippen molar-refractivity contribution < 1.29 is 29.2 Å². The summed E-state index contributed by atoms with van der Waals surface area (Å²) in [6.07, 6.45) is 2.20. The van der Waals surface area contributed by atoms with Crippen molar-refractivity contribution in [2.24, 2.45) is 17.4 Å². The highest BCUT2D eigenvalue weighted by Crippen LogP contribution is 2.37. The number of hydrogen-bond acceptors (Lipinski definition) is 8. The first-order chi connectivity index (χ1) is 24.5. The molecule has 0 aromatic heterocycles. The van der Waals surface area contributed by atoms with Crippen LogP contribution in [0.2, 0.25) is 0 Å². The molecule has 0 saturated heterocycles. The SMILES string of the molecule is CC(C)C[C@@H](NC(=O)[C@@H](Cc1ccccc1)NC(=O)[C@H](N)Cc1ccccc1)C(=O)N[C@H](CCCCN)C(=O)N1CC(B(O)O)c2ccccc21. The van der Waals surface area contributed by atoms with Gasteiger partial charge in [-0.2, -0.15) is 0 Å². The Balaban J connectivity index is 1.53. The number of fused-ring (bicyclic) bond motifs is 1. The lowest BCUT2D eigenvalue weighted by Gasteiger charge is -2.29. The fraction of sp³-hybridized carbons (Fsp3) is 0.421. The summed E-state index contributed by atoms with van der Waals surface area (Å²) in [5.74, 6) is -2.70. The predicted octanol–water partition coefficient (Wildman–Crippen LogP) is 1.57. The van der Waals surface area contributed by atoms with E-state index in [1.807, 2.05) is 74.5 Å². The number of amides is 4. The summed E-state index contributed by atoms with van der Waals surface area (Å²) in [5.41, 5.74) is 14.9. The van der Waals surface area contributed by atoms with Gasteiger partial charge in [0.2, 0.25) is 23.6 Å². The van der Waals surface area contributed by atoms with Gasteiger partial charge in [-0.1, -0.05) is 92.7 Å². The number of nitrogens with zero attached hydrogens (tertiary/aromatic N) is 1. The van der Waals surface area contributed by atoms with Crippen molar-refractivity contribution in [2.45, 2.75) is 82.4 Å². The van der Waals surface area contributed by atoms with E-state index in [9.17, 15) is 29.2 Å². The zero-order valence-electron chi connectivity index (χ0n) is 29.4. The van der Waals surface area contributed by atoms with Gasteiger partial charge in [0.25, 0.3) is 0 Å². The Bertz CT molecular complexity index is 1590. The zero-order chi connectivity index (χ0) is 36.9. The largest absolute Gasteiger partial charge is 0.461 e. The van der Waals surface area contributed by atoms with Crippen LogP contribution in [-0.2, 0) is 32.0 Å². The van der Waals surface area contributed by atoms with Crippen molar-refractivity contribution in [3.8, 4) is 0 Å². The third-order valence-electron chi connectivity index (χ3n) is 9.08. The number of nitrogens with two attached hydrogens (primary N) is 2. The topological polar surface area (TPSA) is 200 Å². The summed E-state index contributed by atoms with van der Waals surface area (Å²) in [5, 5.41) is 28.7. The van der Waals surface area contributed by atoms with Crippen LogP contribution < -0.4 is 32.3 Å². The first kappa shape index (κ1) is 39.2. The molecule has 0 aliphatic carbocycles. The molecule has 4 rings (SSSR count). The lowest BCUT2D eigenvalue weighted by molar-refractivity contribution is -0.133. The van der Waals surface area contributed by atoms with Crippen LogP contribution in [0.15, 0.2) is 84.9 Å². The lowest BCUT2D eigenvalue weighted by Crippen LogP contribution is -2.58. The number of para-hydroxylation sites is 1. The average Bonchev–Trinajstić information content (AvgIpc) is 3.51. The molecule has 0 bridgehead atoms. The van der Waals surface area contributed by atoms with E-state index in [4.69, 9.17) is 11.5 Å². The first-order valence-electron chi connectivity index (χ1n) is 17.7. The fourth-order valence-corrected chi connectivity index (χ4v) is 6.39. The number of anilines is 1.